The molecule has 3 aliphatic rings. The Bertz CT molecular complexity index is 1540. The first kappa shape index (κ1) is 31.6. The van der Waals surface area contributed by atoms with Gasteiger partial charge < -0.3 is 20.1 Å². The third-order valence-electron chi connectivity index (χ3n) is 8.19. The molecule has 9 heteroatoms. The normalized spacial score (nSPS) is 19.4. The molecule has 0 atom stereocenters. The summed E-state index contributed by atoms with van der Waals surface area (Å²) in [5.41, 5.74) is 5.14. The van der Waals surface area contributed by atoms with Crippen molar-refractivity contribution in [3.8, 4) is 11.5 Å². The van der Waals surface area contributed by atoms with Crippen LogP contribution in [0.3, 0.4) is 0 Å². The number of aryl methyl sites for hydroxylation is 1. The molecule has 1 amide bonds. The first-order chi connectivity index (χ1) is 20.2. The molecule has 5 rings (SSSR count). The molecule has 1 heterocycles. The first-order valence-corrected chi connectivity index (χ1v) is 16.1. The Kier molecular flexibility index (Phi) is 8.75. The van der Waals surface area contributed by atoms with Gasteiger partial charge in [-0.15, -0.1) is 0 Å². The Balaban J connectivity index is 1.51. The van der Waals surface area contributed by atoms with Crippen molar-refractivity contribution in [2.24, 2.45) is 10.8 Å². The molecule has 0 unspecified atom stereocenters. The van der Waals surface area contributed by atoms with E-state index in [1.54, 1.807) is 12.1 Å². The van der Waals surface area contributed by atoms with Crippen LogP contribution in [-0.2, 0) is 14.4 Å². The zero-order valence-corrected chi connectivity index (χ0v) is 28.4. The number of carbonyl (C=O) groups is 3. The molecule has 2 N–H and O–H groups in total. The van der Waals surface area contributed by atoms with Crippen molar-refractivity contribution in [1.29, 1.82) is 0 Å². The van der Waals surface area contributed by atoms with E-state index in [4.69, 9.17) is 21.1 Å². The van der Waals surface area contributed by atoms with Gasteiger partial charge in [-0.3, -0.25) is 14.4 Å². The first-order valence-electron chi connectivity index (χ1n) is 14.6. The van der Waals surface area contributed by atoms with Gasteiger partial charge in [0.05, 0.1) is 10.2 Å². The van der Waals surface area contributed by atoms with Crippen LogP contribution in [0.5, 0.6) is 11.5 Å². The SMILES string of the molecule is CCOc1cc(C2C3=C(CC(C)(C)CC3=O)NC3=C2C(=O)CC(C)(C)C3)cc(I)c1OCC(=O)Nc1ccc(C)c(Cl)c1. The topological polar surface area (TPSA) is 93.7 Å². The summed E-state index contributed by atoms with van der Waals surface area (Å²) < 4.78 is 12.8. The minimum atomic E-state index is -0.491. The molecular weight excluding hydrogens is 679 g/mol. The second-order valence-electron chi connectivity index (χ2n) is 13.3. The Morgan fingerprint density at radius 3 is 2.14 bits per heavy atom. The summed E-state index contributed by atoms with van der Waals surface area (Å²) in [5.74, 6) is 0.201. The highest BCUT2D eigenvalue weighted by Crippen LogP contribution is 2.52. The van der Waals surface area contributed by atoms with Crippen LogP contribution in [0.4, 0.5) is 5.69 Å². The molecule has 1 aliphatic heterocycles. The lowest BCUT2D eigenvalue weighted by atomic mass is 9.64. The number of anilines is 1. The minimum Gasteiger partial charge on any atom is -0.490 e. The maximum absolute atomic E-state index is 13.7. The van der Waals surface area contributed by atoms with Gasteiger partial charge in [-0.1, -0.05) is 45.4 Å². The maximum atomic E-state index is 13.7. The number of allylic oxidation sites excluding steroid dienone is 4. The van der Waals surface area contributed by atoms with Gasteiger partial charge in [-0.2, -0.15) is 0 Å². The molecule has 0 radical (unpaired) electrons. The van der Waals surface area contributed by atoms with Gasteiger partial charge in [0.25, 0.3) is 5.91 Å². The number of ether oxygens (including phenoxy) is 2. The van der Waals surface area contributed by atoms with Crippen LogP contribution in [-0.4, -0.2) is 30.7 Å². The largest absolute Gasteiger partial charge is 0.490 e. The minimum absolute atomic E-state index is 0.0640. The number of Topliss-reactive ketones (excluding diaryl/α,β-unsaturated/α-hetero) is 2. The fraction of sp³-hybridized carbons (Fsp3) is 0.441. The Morgan fingerprint density at radius 2 is 1.58 bits per heavy atom. The third-order valence-corrected chi connectivity index (χ3v) is 9.40. The number of benzene rings is 2. The molecule has 43 heavy (non-hydrogen) atoms. The second-order valence-corrected chi connectivity index (χ2v) is 14.9. The van der Waals surface area contributed by atoms with Crippen LogP contribution in [0, 0.1) is 21.3 Å². The van der Waals surface area contributed by atoms with Crippen molar-refractivity contribution >= 4 is 57.4 Å². The molecule has 0 bridgehead atoms. The average Bonchev–Trinajstić information content (AvgIpc) is 2.87. The summed E-state index contributed by atoms with van der Waals surface area (Å²) in [6.07, 6.45) is 2.30. The van der Waals surface area contributed by atoms with Crippen LogP contribution in [0.1, 0.15) is 77.3 Å². The van der Waals surface area contributed by atoms with Crippen LogP contribution in [0.15, 0.2) is 52.9 Å². The van der Waals surface area contributed by atoms with Gasteiger partial charge in [-0.05, 0) is 95.5 Å². The highest BCUT2D eigenvalue weighted by atomic mass is 127. The fourth-order valence-electron chi connectivity index (χ4n) is 6.39. The summed E-state index contributed by atoms with van der Waals surface area (Å²) in [6, 6.07) is 9.14. The molecule has 2 aromatic carbocycles. The molecule has 0 saturated carbocycles. The van der Waals surface area contributed by atoms with E-state index in [1.165, 1.54) is 0 Å². The Labute approximate surface area is 271 Å². The van der Waals surface area contributed by atoms with E-state index in [0.29, 0.717) is 52.8 Å². The van der Waals surface area contributed by atoms with Crippen molar-refractivity contribution in [3.05, 3.63) is 72.6 Å². The van der Waals surface area contributed by atoms with E-state index in [1.807, 2.05) is 32.0 Å². The van der Waals surface area contributed by atoms with E-state index in [-0.39, 0.29) is 34.9 Å². The van der Waals surface area contributed by atoms with E-state index >= 15 is 0 Å². The number of amides is 1. The fourth-order valence-corrected chi connectivity index (χ4v) is 7.35. The third kappa shape index (κ3) is 6.65. The number of hydrogen-bond acceptors (Lipinski definition) is 6. The lowest BCUT2D eigenvalue weighted by Gasteiger charge is -2.44. The van der Waals surface area contributed by atoms with E-state index in [0.717, 1.165) is 38.9 Å². The number of nitrogens with one attached hydrogen (secondary N) is 2. The number of hydrogen-bond donors (Lipinski definition) is 2. The van der Waals surface area contributed by atoms with Crippen molar-refractivity contribution in [2.45, 2.75) is 73.1 Å². The predicted molar refractivity (Wildman–Crippen MR) is 177 cm³/mol. The summed E-state index contributed by atoms with van der Waals surface area (Å²) in [6.45, 7) is 12.3. The highest BCUT2D eigenvalue weighted by Gasteiger charge is 2.46. The van der Waals surface area contributed by atoms with Crippen LogP contribution in [0.2, 0.25) is 5.02 Å². The second kappa shape index (κ2) is 11.9. The number of halogens is 2. The van der Waals surface area contributed by atoms with Gasteiger partial charge in [-0.25, -0.2) is 0 Å². The van der Waals surface area contributed by atoms with Crippen LogP contribution in [0.25, 0.3) is 0 Å². The predicted octanol–water partition coefficient (Wildman–Crippen LogP) is 7.64. The van der Waals surface area contributed by atoms with Gasteiger partial charge in [0.15, 0.2) is 29.7 Å². The van der Waals surface area contributed by atoms with E-state index in [9.17, 15) is 14.4 Å². The number of rotatable bonds is 7. The molecular formula is C34H38ClIN2O5. The quantitative estimate of drug-likeness (QED) is 0.286. The molecule has 7 nitrogen and oxygen atoms in total. The Morgan fingerprint density at radius 1 is 0.977 bits per heavy atom. The zero-order valence-electron chi connectivity index (χ0n) is 25.5. The van der Waals surface area contributed by atoms with Crippen LogP contribution >= 0.6 is 34.2 Å². The monoisotopic (exact) mass is 716 g/mol. The number of dihydropyridines is 1. The van der Waals surface area contributed by atoms with Gasteiger partial charge in [0.2, 0.25) is 0 Å². The summed E-state index contributed by atoms with van der Waals surface area (Å²) in [7, 11) is 0. The highest BCUT2D eigenvalue weighted by molar-refractivity contribution is 14.1. The lowest BCUT2D eigenvalue weighted by Crippen LogP contribution is -2.42. The lowest BCUT2D eigenvalue weighted by molar-refractivity contribution is -0.119. The van der Waals surface area contributed by atoms with Gasteiger partial charge in [0, 0.05) is 52.0 Å². The molecule has 0 fully saturated rings. The van der Waals surface area contributed by atoms with Crippen molar-refractivity contribution in [1.82, 2.24) is 5.32 Å². The van der Waals surface area contributed by atoms with E-state index in [2.05, 4.69) is 60.9 Å². The standard InChI is InChI=1S/C34H38ClIN2O5/c1-7-42-27-11-19(10-22(36)32(27)43-17-28(41)37-20-9-8-18(2)21(35)12-20)29-30-23(13-33(3,4)15-25(30)39)38-24-14-34(5,6)16-26(40)31(24)29/h8-12,29,38H,7,13-17H2,1-6H3,(H,37,41). The molecule has 2 aromatic rings. The van der Waals surface area contributed by atoms with Crippen molar-refractivity contribution < 1.29 is 23.9 Å². The summed E-state index contributed by atoms with van der Waals surface area (Å²) in [4.78, 5) is 40.2. The molecule has 0 aromatic heterocycles. The molecule has 0 spiro atoms. The smallest absolute Gasteiger partial charge is 0.262 e. The maximum Gasteiger partial charge on any atom is 0.262 e. The van der Waals surface area contributed by atoms with Crippen molar-refractivity contribution in [3.63, 3.8) is 0 Å². The number of carbonyl (C=O) groups excluding carboxylic acids is 3. The molecule has 2 aliphatic carbocycles. The molecule has 228 valence electrons. The zero-order chi connectivity index (χ0) is 31.3. The van der Waals surface area contributed by atoms with E-state index < -0.39 is 5.92 Å². The Hall–Kier alpha value is -2.85. The average molecular weight is 717 g/mol. The summed E-state index contributed by atoms with van der Waals surface area (Å²) >= 11 is 8.37. The van der Waals surface area contributed by atoms with Crippen LogP contribution < -0.4 is 20.1 Å². The van der Waals surface area contributed by atoms with Gasteiger partial charge >= 0.3 is 0 Å². The molecule has 0 saturated heterocycles. The van der Waals surface area contributed by atoms with Crippen molar-refractivity contribution in [2.75, 3.05) is 18.5 Å². The summed E-state index contributed by atoms with van der Waals surface area (Å²) in [5, 5.41) is 6.94. The van der Waals surface area contributed by atoms with Gasteiger partial charge in [0.1, 0.15) is 0 Å². The number of ketones is 2.